The maximum atomic E-state index is 5.98. The van der Waals surface area contributed by atoms with Gasteiger partial charge in [0.2, 0.25) is 0 Å². The lowest BCUT2D eigenvalue weighted by Gasteiger charge is -2.17. The van der Waals surface area contributed by atoms with E-state index in [1.807, 2.05) is 6.92 Å². The van der Waals surface area contributed by atoms with Crippen LogP contribution in [-0.2, 0) is 6.42 Å². The zero-order valence-electron chi connectivity index (χ0n) is 12.0. The van der Waals surface area contributed by atoms with E-state index in [1.165, 1.54) is 16.3 Å². The van der Waals surface area contributed by atoms with Gasteiger partial charge >= 0.3 is 0 Å². The number of hydrogen-bond donors (Lipinski definition) is 1. The van der Waals surface area contributed by atoms with E-state index in [2.05, 4.69) is 50.2 Å². The summed E-state index contributed by atoms with van der Waals surface area (Å²) in [5, 5.41) is 2.50. The van der Waals surface area contributed by atoms with Crippen LogP contribution in [0.5, 0.6) is 5.75 Å². The van der Waals surface area contributed by atoms with Crippen LogP contribution in [0.2, 0.25) is 0 Å². The second-order valence-corrected chi connectivity index (χ2v) is 5.65. The fourth-order valence-electron chi connectivity index (χ4n) is 2.24. The second-order valence-electron chi connectivity index (χ2n) is 5.65. The van der Waals surface area contributed by atoms with Gasteiger partial charge in [0.25, 0.3) is 0 Å². The summed E-state index contributed by atoms with van der Waals surface area (Å²) in [5.74, 6) is 1.50. The fraction of sp³-hybridized carbons (Fsp3) is 0.412. The van der Waals surface area contributed by atoms with Crippen molar-refractivity contribution in [2.24, 2.45) is 11.7 Å². The first kappa shape index (κ1) is 13.9. The second kappa shape index (κ2) is 6.07. The van der Waals surface area contributed by atoms with Crippen molar-refractivity contribution >= 4 is 10.8 Å². The molecule has 0 aromatic heterocycles. The first-order valence-corrected chi connectivity index (χ1v) is 6.97. The molecule has 2 aromatic carbocycles. The summed E-state index contributed by atoms with van der Waals surface area (Å²) in [6.45, 7) is 7.09. The molecule has 19 heavy (non-hydrogen) atoms. The molecule has 0 amide bonds. The molecule has 0 saturated heterocycles. The SMILES string of the molecule is CC(C)COc1ccc2ccccc2c1CC(C)N. The van der Waals surface area contributed by atoms with Gasteiger partial charge in [-0.1, -0.05) is 44.2 Å². The summed E-state index contributed by atoms with van der Waals surface area (Å²) < 4.78 is 5.95. The van der Waals surface area contributed by atoms with E-state index in [0.29, 0.717) is 5.92 Å². The molecule has 2 nitrogen and oxygen atoms in total. The molecular formula is C17H23NO. The molecule has 2 N–H and O–H groups in total. The van der Waals surface area contributed by atoms with Crippen molar-refractivity contribution in [3.8, 4) is 5.75 Å². The molecule has 2 heteroatoms. The third-order valence-electron chi connectivity index (χ3n) is 3.10. The topological polar surface area (TPSA) is 35.2 Å². The third kappa shape index (κ3) is 3.48. The maximum Gasteiger partial charge on any atom is 0.123 e. The number of hydrogen-bond acceptors (Lipinski definition) is 2. The lowest BCUT2D eigenvalue weighted by Crippen LogP contribution is -2.19. The minimum Gasteiger partial charge on any atom is -0.493 e. The molecule has 0 aliphatic rings. The quantitative estimate of drug-likeness (QED) is 0.885. The van der Waals surface area contributed by atoms with Crippen molar-refractivity contribution in [1.29, 1.82) is 0 Å². The van der Waals surface area contributed by atoms with Gasteiger partial charge in [-0.2, -0.15) is 0 Å². The molecule has 0 heterocycles. The van der Waals surface area contributed by atoms with Gasteiger partial charge in [0.15, 0.2) is 0 Å². The fourth-order valence-corrected chi connectivity index (χ4v) is 2.24. The van der Waals surface area contributed by atoms with Crippen LogP contribution in [-0.4, -0.2) is 12.6 Å². The summed E-state index contributed by atoms with van der Waals surface area (Å²) in [7, 11) is 0. The summed E-state index contributed by atoms with van der Waals surface area (Å²) in [4.78, 5) is 0. The van der Waals surface area contributed by atoms with Gasteiger partial charge in [-0.25, -0.2) is 0 Å². The highest BCUT2D eigenvalue weighted by molar-refractivity contribution is 5.87. The Morgan fingerprint density at radius 3 is 2.47 bits per heavy atom. The third-order valence-corrected chi connectivity index (χ3v) is 3.10. The van der Waals surface area contributed by atoms with E-state index in [1.54, 1.807) is 0 Å². The zero-order chi connectivity index (χ0) is 13.8. The van der Waals surface area contributed by atoms with Crippen LogP contribution >= 0.6 is 0 Å². The maximum absolute atomic E-state index is 5.98. The van der Waals surface area contributed by atoms with E-state index in [9.17, 15) is 0 Å². The Hall–Kier alpha value is -1.54. The highest BCUT2D eigenvalue weighted by Gasteiger charge is 2.11. The summed E-state index contributed by atoms with van der Waals surface area (Å²) >= 11 is 0. The standard InChI is InChI=1S/C17H23NO/c1-12(2)11-19-17-9-8-14-6-4-5-7-15(14)16(17)10-13(3)18/h4-9,12-13H,10-11,18H2,1-3H3. The smallest absolute Gasteiger partial charge is 0.123 e. The van der Waals surface area contributed by atoms with Crippen LogP contribution in [0, 0.1) is 5.92 Å². The van der Waals surface area contributed by atoms with Gasteiger partial charge in [-0.05, 0) is 36.1 Å². The van der Waals surface area contributed by atoms with Crippen molar-refractivity contribution in [1.82, 2.24) is 0 Å². The number of ether oxygens (including phenoxy) is 1. The van der Waals surface area contributed by atoms with Gasteiger partial charge in [-0.3, -0.25) is 0 Å². The van der Waals surface area contributed by atoms with E-state index >= 15 is 0 Å². The van der Waals surface area contributed by atoms with Gasteiger partial charge in [-0.15, -0.1) is 0 Å². The molecule has 1 unspecified atom stereocenters. The van der Waals surface area contributed by atoms with E-state index < -0.39 is 0 Å². The number of rotatable bonds is 5. The molecule has 0 bridgehead atoms. The molecule has 0 radical (unpaired) electrons. The molecule has 102 valence electrons. The number of nitrogens with two attached hydrogens (primary N) is 1. The lowest BCUT2D eigenvalue weighted by atomic mass is 9.98. The largest absolute Gasteiger partial charge is 0.493 e. The molecule has 0 spiro atoms. The van der Waals surface area contributed by atoms with E-state index in [-0.39, 0.29) is 6.04 Å². The van der Waals surface area contributed by atoms with Gasteiger partial charge < -0.3 is 10.5 Å². The van der Waals surface area contributed by atoms with Crippen LogP contribution in [0.4, 0.5) is 0 Å². The summed E-state index contributed by atoms with van der Waals surface area (Å²) in [5.41, 5.74) is 7.22. The highest BCUT2D eigenvalue weighted by Crippen LogP contribution is 2.29. The predicted octanol–water partition coefficient (Wildman–Crippen LogP) is 3.76. The zero-order valence-corrected chi connectivity index (χ0v) is 12.0. The average molecular weight is 257 g/mol. The van der Waals surface area contributed by atoms with Crippen molar-refractivity contribution in [2.45, 2.75) is 33.2 Å². The van der Waals surface area contributed by atoms with E-state index in [0.717, 1.165) is 18.8 Å². The monoisotopic (exact) mass is 257 g/mol. The van der Waals surface area contributed by atoms with Crippen molar-refractivity contribution in [2.75, 3.05) is 6.61 Å². The summed E-state index contributed by atoms with van der Waals surface area (Å²) in [6.07, 6.45) is 0.842. The molecule has 2 rings (SSSR count). The number of benzene rings is 2. The van der Waals surface area contributed by atoms with Gasteiger partial charge in [0.1, 0.15) is 5.75 Å². The van der Waals surface area contributed by atoms with Crippen LogP contribution in [0.3, 0.4) is 0 Å². The molecule has 0 fully saturated rings. The minimum absolute atomic E-state index is 0.132. The highest BCUT2D eigenvalue weighted by atomic mass is 16.5. The van der Waals surface area contributed by atoms with Crippen LogP contribution in [0.1, 0.15) is 26.3 Å². The Kier molecular flexibility index (Phi) is 4.43. The van der Waals surface area contributed by atoms with E-state index in [4.69, 9.17) is 10.5 Å². The van der Waals surface area contributed by atoms with Crippen molar-refractivity contribution in [3.05, 3.63) is 42.0 Å². The normalized spacial score (nSPS) is 12.9. The minimum atomic E-state index is 0.132. The molecule has 0 saturated carbocycles. The molecular weight excluding hydrogens is 234 g/mol. The van der Waals surface area contributed by atoms with Crippen LogP contribution in [0.15, 0.2) is 36.4 Å². The molecule has 0 aliphatic heterocycles. The Labute approximate surface area is 115 Å². The predicted molar refractivity (Wildman–Crippen MR) is 81.6 cm³/mol. The molecule has 2 aromatic rings. The van der Waals surface area contributed by atoms with Crippen LogP contribution < -0.4 is 10.5 Å². The first-order chi connectivity index (χ1) is 9.08. The Bertz CT molecular complexity index is 546. The average Bonchev–Trinajstić information content (AvgIpc) is 2.37. The number of fused-ring (bicyclic) bond motifs is 1. The van der Waals surface area contributed by atoms with Gasteiger partial charge in [0.05, 0.1) is 6.61 Å². The Morgan fingerprint density at radius 1 is 1.05 bits per heavy atom. The Balaban J connectivity index is 2.43. The van der Waals surface area contributed by atoms with Crippen molar-refractivity contribution < 1.29 is 4.74 Å². The lowest BCUT2D eigenvalue weighted by molar-refractivity contribution is 0.268. The van der Waals surface area contributed by atoms with Crippen LogP contribution in [0.25, 0.3) is 10.8 Å². The first-order valence-electron chi connectivity index (χ1n) is 6.97. The van der Waals surface area contributed by atoms with Crippen molar-refractivity contribution in [3.63, 3.8) is 0 Å². The Morgan fingerprint density at radius 2 is 1.79 bits per heavy atom. The summed E-state index contributed by atoms with van der Waals surface area (Å²) in [6, 6.07) is 12.7. The van der Waals surface area contributed by atoms with Gasteiger partial charge in [0, 0.05) is 11.6 Å². The molecule has 0 aliphatic carbocycles. The molecule has 1 atom stereocenters.